The number of carbonyl (C=O) groups excluding carboxylic acids is 1. The Morgan fingerprint density at radius 3 is 2.35 bits per heavy atom. The van der Waals surface area contributed by atoms with E-state index in [4.69, 9.17) is 0 Å². The van der Waals surface area contributed by atoms with Crippen molar-refractivity contribution in [2.24, 2.45) is 5.92 Å². The monoisotopic (exact) mass is 310 g/mol. The molecule has 2 rings (SSSR count). The Morgan fingerprint density at radius 2 is 1.90 bits per heavy atom. The highest BCUT2D eigenvalue weighted by Gasteiger charge is 2.31. The fourth-order valence-corrected chi connectivity index (χ4v) is 1.62. The van der Waals surface area contributed by atoms with Crippen LogP contribution in [-0.2, 0) is 11.3 Å². The van der Waals surface area contributed by atoms with Crippen molar-refractivity contribution in [2.75, 3.05) is 13.1 Å². The van der Waals surface area contributed by atoms with Crippen molar-refractivity contribution in [3.05, 3.63) is 29.8 Å². The van der Waals surface area contributed by atoms with Crippen LogP contribution in [0.5, 0.6) is 5.75 Å². The molecule has 0 spiro atoms. The molecule has 0 atom stereocenters. The van der Waals surface area contributed by atoms with Gasteiger partial charge in [0.15, 0.2) is 0 Å². The van der Waals surface area contributed by atoms with Crippen LogP contribution in [0.4, 0.5) is 13.2 Å². The number of hydrogen-bond donors (Lipinski definition) is 2. The molecule has 1 aromatic rings. The van der Waals surface area contributed by atoms with Crippen LogP contribution < -0.4 is 15.4 Å². The maximum atomic E-state index is 11.9. The van der Waals surface area contributed by atoms with E-state index < -0.39 is 6.36 Å². The van der Waals surface area contributed by atoms with E-state index in [1.54, 1.807) is 0 Å². The van der Waals surface area contributed by atoms with Gasteiger partial charge in [0.05, 0.1) is 5.92 Å². The first kappa shape index (κ1) is 16.6. The lowest BCUT2D eigenvalue weighted by Crippen LogP contribution is -2.50. The highest BCUT2D eigenvalue weighted by atomic mass is 35.5. The van der Waals surface area contributed by atoms with Gasteiger partial charge in [0.1, 0.15) is 5.75 Å². The zero-order chi connectivity index (χ0) is 13.9. The summed E-state index contributed by atoms with van der Waals surface area (Å²) in [5, 5.41) is 5.71. The van der Waals surface area contributed by atoms with Crippen LogP contribution in [-0.4, -0.2) is 25.4 Å². The van der Waals surface area contributed by atoms with Gasteiger partial charge in [-0.15, -0.1) is 25.6 Å². The van der Waals surface area contributed by atoms with Gasteiger partial charge in [-0.3, -0.25) is 4.79 Å². The fraction of sp³-hybridized carbons (Fsp3) is 0.417. The number of hydrogen-bond acceptors (Lipinski definition) is 3. The molecular weight excluding hydrogens is 297 g/mol. The second-order valence-electron chi connectivity index (χ2n) is 4.26. The molecular formula is C12H14ClF3N2O2. The predicted molar refractivity (Wildman–Crippen MR) is 68.6 cm³/mol. The zero-order valence-corrected chi connectivity index (χ0v) is 11.2. The first-order valence-electron chi connectivity index (χ1n) is 5.77. The summed E-state index contributed by atoms with van der Waals surface area (Å²) in [5.41, 5.74) is 0.718. The van der Waals surface area contributed by atoms with Crippen molar-refractivity contribution in [3.63, 3.8) is 0 Å². The predicted octanol–water partition coefficient (Wildman–Crippen LogP) is 1.84. The number of nitrogens with one attached hydrogen (secondary N) is 2. The zero-order valence-electron chi connectivity index (χ0n) is 10.4. The Morgan fingerprint density at radius 1 is 1.30 bits per heavy atom. The van der Waals surface area contributed by atoms with Crippen LogP contribution in [0.3, 0.4) is 0 Å². The highest BCUT2D eigenvalue weighted by Crippen LogP contribution is 2.22. The number of carbonyl (C=O) groups is 1. The van der Waals surface area contributed by atoms with Crippen molar-refractivity contribution < 1.29 is 22.7 Å². The molecule has 1 amide bonds. The number of ether oxygens (including phenoxy) is 1. The molecule has 0 radical (unpaired) electrons. The summed E-state index contributed by atoms with van der Waals surface area (Å²) < 4.78 is 39.6. The molecule has 4 nitrogen and oxygen atoms in total. The minimum atomic E-state index is -4.69. The average molecular weight is 311 g/mol. The van der Waals surface area contributed by atoms with Gasteiger partial charge < -0.3 is 15.4 Å². The van der Waals surface area contributed by atoms with Crippen molar-refractivity contribution in [1.82, 2.24) is 10.6 Å². The minimum Gasteiger partial charge on any atom is -0.406 e. The van der Waals surface area contributed by atoms with Crippen molar-refractivity contribution >= 4 is 18.3 Å². The molecule has 1 aliphatic rings. The van der Waals surface area contributed by atoms with Gasteiger partial charge in [0.25, 0.3) is 0 Å². The van der Waals surface area contributed by atoms with Gasteiger partial charge in [-0.2, -0.15) is 0 Å². The van der Waals surface area contributed by atoms with Crippen LogP contribution in [0.25, 0.3) is 0 Å². The summed E-state index contributed by atoms with van der Waals surface area (Å²) in [6.07, 6.45) is -4.69. The summed E-state index contributed by atoms with van der Waals surface area (Å²) in [5.74, 6) is -0.326. The lowest BCUT2D eigenvalue weighted by atomic mass is 10.0. The normalized spacial score (nSPS) is 14.9. The smallest absolute Gasteiger partial charge is 0.406 e. The number of alkyl halides is 3. The number of benzene rings is 1. The summed E-state index contributed by atoms with van der Waals surface area (Å²) >= 11 is 0. The number of amides is 1. The molecule has 20 heavy (non-hydrogen) atoms. The quantitative estimate of drug-likeness (QED) is 0.892. The summed E-state index contributed by atoms with van der Waals surface area (Å²) in [6.45, 7) is 1.63. The molecule has 1 saturated heterocycles. The molecule has 0 bridgehead atoms. The van der Waals surface area contributed by atoms with E-state index in [1.165, 1.54) is 24.3 Å². The van der Waals surface area contributed by atoms with E-state index in [0.717, 1.165) is 5.56 Å². The first-order chi connectivity index (χ1) is 8.94. The molecule has 1 aromatic carbocycles. The Hall–Kier alpha value is -1.47. The second kappa shape index (κ2) is 6.81. The second-order valence-corrected chi connectivity index (χ2v) is 4.26. The molecule has 0 aromatic heterocycles. The van der Waals surface area contributed by atoms with E-state index in [-0.39, 0.29) is 30.0 Å². The molecule has 8 heteroatoms. The largest absolute Gasteiger partial charge is 0.573 e. The van der Waals surface area contributed by atoms with Crippen molar-refractivity contribution in [1.29, 1.82) is 0 Å². The first-order valence-corrected chi connectivity index (χ1v) is 5.77. The molecule has 1 fully saturated rings. The Bertz CT molecular complexity index is 447. The van der Waals surface area contributed by atoms with Gasteiger partial charge in [0, 0.05) is 19.6 Å². The van der Waals surface area contributed by atoms with Crippen LogP contribution in [0.1, 0.15) is 5.56 Å². The number of rotatable bonds is 4. The SMILES string of the molecule is Cl.O=C(NCc1ccc(OC(F)(F)F)cc1)C1CNC1. The highest BCUT2D eigenvalue weighted by molar-refractivity contribution is 5.85. The van der Waals surface area contributed by atoms with Crippen LogP contribution in [0.15, 0.2) is 24.3 Å². The Kier molecular flexibility index (Phi) is 5.64. The van der Waals surface area contributed by atoms with E-state index in [9.17, 15) is 18.0 Å². The topological polar surface area (TPSA) is 50.4 Å². The van der Waals surface area contributed by atoms with Gasteiger partial charge in [0.2, 0.25) is 5.91 Å². The van der Waals surface area contributed by atoms with Gasteiger partial charge in [-0.25, -0.2) is 0 Å². The van der Waals surface area contributed by atoms with E-state index in [2.05, 4.69) is 15.4 Å². The molecule has 1 heterocycles. The summed E-state index contributed by atoms with van der Waals surface area (Å²) in [4.78, 5) is 11.5. The van der Waals surface area contributed by atoms with E-state index >= 15 is 0 Å². The van der Waals surface area contributed by atoms with Crippen LogP contribution in [0.2, 0.25) is 0 Å². The Labute approximate surface area is 120 Å². The van der Waals surface area contributed by atoms with Crippen LogP contribution >= 0.6 is 12.4 Å². The number of halogens is 4. The van der Waals surface area contributed by atoms with Crippen molar-refractivity contribution in [3.8, 4) is 5.75 Å². The van der Waals surface area contributed by atoms with E-state index in [1.807, 2.05) is 0 Å². The van der Waals surface area contributed by atoms with Crippen LogP contribution in [0, 0.1) is 5.92 Å². The minimum absolute atomic E-state index is 0. The average Bonchev–Trinajstić information content (AvgIpc) is 2.23. The third kappa shape index (κ3) is 4.90. The third-order valence-electron chi connectivity index (χ3n) is 2.78. The molecule has 2 N–H and O–H groups in total. The van der Waals surface area contributed by atoms with Gasteiger partial charge in [-0.05, 0) is 17.7 Å². The molecule has 0 saturated carbocycles. The van der Waals surface area contributed by atoms with E-state index in [0.29, 0.717) is 19.6 Å². The molecule has 1 aliphatic heterocycles. The lowest BCUT2D eigenvalue weighted by Gasteiger charge is -2.25. The maximum Gasteiger partial charge on any atom is 0.573 e. The summed E-state index contributed by atoms with van der Waals surface area (Å²) in [6, 6.07) is 5.42. The van der Waals surface area contributed by atoms with Gasteiger partial charge >= 0.3 is 6.36 Å². The molecule has 112 valence electrons. The van der Waals surface area contributed by atoms with Crippen molar-refractivity contribution in [2.45, 2.75) is 12.9 Å². The third-order valence-corrected chi connectivity index (χ3v) is 2.78. The maximum absolute atomic E-state index is 11.9. The lowest BCUT2D eigenvalue weighted by molar-refractivity contribution is -0.274. The standard InChI is InChI=1S/C12H13F3N2O2.ClH/c13-12(14,15)19-10-3-1-8(2-4-10)5-17-11(18)9-6-16-7-9;/h1-4,9,16H,5-7H2,(H,17,18);1H. The van der Waals surface area contributed by atoms with Gasteiger partial charge in [-0.1, -0.05) is 12.1 Å². The summed E-state index contributed by atoms with van der Waals surface area (Å²) in [7, 11) is 0. The Balaban J connectivity index is 0.00000200. The fourth-order valence-electron chi connectivity index (χ4n) is 1.62. The molecule has 0 unspecified atom stereocenters. The molecule has 0 aliphatic carbocycles.